The number of hydrogen-bond acceptors (Lipinski definition) is 3. The number of ether oxygens (including phenoxy) is 1. The highest BCUT2D eigenvalue weighted by Crippen LogP contribution is 2.18. The van der Waals surface area contributed by atoms with Gasteiger partial charge in [0, 0.05) is 4.47 Å². The van der Waals surface area contributed by atoms with E-state index in [4.69, 9.17) is 4.74 Å². The smallest absolute Gasteiger partial charge is 0.339 e. The molecule has 0 aliphatic carbocycles. The first-order chi connectivity index (χ1) is 11.6. The Hall–Kier alpha value is -2.14. The van der Waals surface area contributed by atoms with Crippen LogP contribution < -0.4 is 5.32 Å². The SMILES string of the molecule is CCC[C@H](NC(=O)COC(=O)c1ccccc1Br)c1ccccc1. The van der Waals surface area contributed by atoms with Crippen LogP contribution in [0.2, 0.25) is 0 Å². The predicted octanol–water partition coefficient (Wildman–Crippen LogP) is 4.26. The molecule has 1 atom stereocenters. The fraction of sp³-hybridized carbons (Fsp3) is 0.263. The summed E-state index contributed by atoms with van der Waals surface area (Å²) in [4.78, 5) is 24.1. The molecule has 0 spiro atoms. The topological polar surface area (TPSA) is 55.4 Å². The van der Waals surface area contributed by atoms with Crippen LogP contribution in [0.1, 0.15) is 41.7 Å². The van der Waals surface area contributed by atoms with Gasteiger partial charge in [-0.1, -0.05) is 55.8 Å². The molecular weight excluding hydrogens is 370 g/mol. The zero-order valence-corrected chi connectivity index (χ0v) is 15.1. The van der Waals surface area contributed by atoms with Crippen molar-refractivity contribution in [3.05, 3.63) is 70.2 Å². The maximum Gasteiger partial charge on any atom is 0.339 e. The number of hydrogen-bond donors (Lipinski definition) is 1. The molecule has 1 N–H and O–H groups in total. The minimum atomic E-state index is -0.524. The number of esters is 1. The van der Waals surface area contributed by atoms with Gasteiger partial charge in [0.15, 0.2) is 6.61 Å². The van der Waals surface area contributed by atoms with Gasteiger partial charge >= 0.3 is 5.97 Å². The van der Waals surface area contributed by atoms with E-state index >= 15 is 0 Å². The molecule has 0 heterocycles. The molecule has 0 aliphatic heterocycles. The third-order valence-corrected chi connectivity index (χ3v) is 4.23. The van der Waals surface area contributed by atoms with E-state index in [0.29, 0.717) is 10.0 Å². The molecule has 2 rings (SSSR count). The predicted molar refractivity (Wildman–Crippen MR) is 96.7 cm³/mol. The molecule has 0 fully saturated rings. The van der Waals surface area contributed by atoms with E-state index < -0.39 is 5.97 Å². The zero-order chi connectivity index (χ0) is 17.4. The number of benzene rings is 2. The Bertz CT molecular complexity index is 688. The molecule has 0 saturated heterocycles. The lowest BCUT2D eigenvalue weighted by atomic mass is 10.0. The Morgan fingerprint density at radius 3 is 2.42 bits per heavy atom. The average Bonchev–Trinajstić information content (AvgIpc) is 2.60. The van der Waals surface area contributed by atoms with Crippen LogP contribution in [0.4, 0.5) is 0 Å². The van der Waals surface area contributed by atoms with E-state index in [9.17, 15) is 9.59 Å². The molecule has 0 aromatic heterocycles. The van der Waals surface area contributed by atoms with Crippen LogP contribution in [0.25, 0.3) is 0 Å². The Kier molecular flexibility index (Phi) is 7.00. The number of nitrogens with one attached hydrogen (secondary N) is 1. The van der Waals surface area contributed by atoms with Crippen LogP contribution in [-0.2, 0) is 9.53 Å². The first-order valence-corrected chi connectivity index (χ1v) is 8.67. The number of halogens is 1. The lowest BCUT2D eigenvalue weighted by Crippen LogP contribution is -2.32. The average molecular weight is 390 g/mol. The molecule has 5 heteroatoms. The van der Waals surface area contributed by atoms with Crippen molar-refractivity contribution in [3.8, 4) is 0 Å². The first-order valence-electron chi connectivity index (χ1n) is 7.87. The van der Waals surface area contributed by atoms with E-state index in [1.165, 1.54) is 0 Å². The van der Waals surface area contributed by atoms with Gasteiger partial charge in [0.05, 0.1) is 11.6 Å². The first kappa shape index (κ1) is 18.2. The summed E-state index contributed by atoms with van der Waals surface area (Å²) < 4.78 is 5.75. The van der Waals surface area contributed by atoms with Crippen molar-refractivity contribution in [2.24, 2.45) is 0 Å². The second kappa shape index (κ2) is 9.23. The van der Waals surface area contributed by atoms with Crippen LogP contribution in [-0.4, -0.2) is 18.5 Å². The third kappa shape index (κ3) is 5.20. The second-order valence-corrected chi connectivity index (χ2v) is 6.23. The van der Waals surface area contributed by atoms with E-state index in [0.717, 1.165) is 18.4 Å². The monoisotopic (exact) mass is 389 g/mol. The molecule has 0 bridgehead atoms. The summed E-state index contributed by atoms with van der Waals surface area (Å²) in [7, 11) is 0. The van der Waals surface area contributed by atoms with E-state index in [1.54, 1.807) is 18.2 Å². The molecule has 0 radical (unpaired) electrons. The highest BCUT2D eigenvalue weighted by Gasteiger charge is 2.16. The van der Waals surface area contributed by atoms with Crippen molar-refractivity contribution in [1.29, 1.82) is 0 Å². The fourth-order valence-corrected chi connectivity index (χ4v) is 2.81. The van der Waals surface area contributed by atoms with Crippen LogP contribution in [0.3, 0.4) is 0 Å². The molecule has 0 aliphatic rings. The zero-order valence-electron chi connectivity index (χ0n) is 13.5. The molecule has 24 heavy (non-hydrogen) atoms. The van der Waals surface area contributed by atoms with Gasteiger partial charge in [-0.25, -0.2) is 4.79 Å². The second-order valence-electron chi connectivity index (χ2n) is 5.38. The Balaban J connectivity index is 1.92. The van der Waals surface area contributed by atoms with Crippen molar-refractivity contribution in [2.75, 3.05) is 6.61 Å². The minimum Gasteiger partial charge on any atom is -0.452 e. The van der Waals surface area contributed by atoms with E-state index in [1.807, 2.05) is 36.4 Å². The van der Waals surface area contributed by atoms with Crippen LogP contribution in [0.5, 0.6) is 0 Å². The quantitative estimate of drug-likeness (QED) is 0.719. The molecular formula is C19H20BrNO3. The van der Waals surface area contributed by atoms with Crippen molar-refractivity contribution in [1.82, 2.24) is 5.32 Å². The fourth-order valence-electron chi connectivity index (χ4n) is 2.37. The Labute approximate surface area is 150 Å². The highest BCUT2D eigenvalue weighted by molar-refractivity contribution is 9.10. The van der Waals surface area contributed by atoms with Gasteiger partial charge in [0.25, 0.3) is 5.91 Å². The summed E-state index contributed by atoms with van der Waals surface area (Å²) in [5.74, 6) is -0.831. The minimum absolute atomic E-state index is 0.0779. The summed E-state index contributed by atoms with van der Waals surface area (Å²) >= 11 is 3.29. The van der Waals surface area contributed by atoms with Crippen molar-refractivity contribution in [3.63, 3.8) is 0 Å². The summed E-state index contributed by atoms with van der Waals surface area (Å²) in [6.07, 6.45) is 1.77. The largest absolute Gasteiger partial charge is 0.452 e. The maximum absolute atomic E-state index is 12.1. The Morgan fingerprint density at radius 1 is 1.08 bits per heavy atom. The number of carbonyl (C=O) groups excluding carboxylic acids is 2. The highest BCUT2D eigenvalue weighted by atomic mass is 79.9. The standard InChI is InChI=1S/C19H20BrNO3/c1-2-8-17(14-9-4-3-5-10-14)21-18(22)13-24-19(23)15-11-6-7-12-16(15)20/h3-7,9-12,17H,2,8,13H2,1H3,(H,21,22)/t17-/m0/s1. The molecule has 4 nitrogen and oxygen atoms in total. The van der Waals surface area contributed by atoms with Gasteiger partial charge in [-0.3, -0.25) is 4.79 Å². The summed E-state index contributed by atoms with van der Waals surface area (Å²) in [5.41, 5.74) is 1.45. The number of amides is 1. The molecule has 2 aromatic rings. The normalized spacial score (nSPS) is 11.6. The summed E-state index contributed by atoms with van der Waals surface area (Å²) in [6.45, 7) is 1.77. The summed E-state index contributed by atoms with van der Waals surface area (Å²) in [6, 6.07) is 16.7. The molecule has 1 amide bonds. The lowest BCUT2D eigenvalue weighted by molar-refractivity contribution is -0.125. The van der Waals surface area contributed by atoms with Gasteiger partial charge in [0.2, 0.25) is 0 Å². The van der Waals surface area contributed by atoms with Gasteiger partial charge in [-0.15, -0.1) is 0 Å². The van der Waals surface area contributed by atoms with Crippen molar-refractivity contribution in [2.45, 2.75) is 25.8 Å². The molecule has 126 valence electrons. The summed E-state index contributed by atoms with van der Waals surface area (Å²) in [5, 5.41) is 2.93. The van der Waals surface area contributed by atoms with Gasteiger partial charge < -0.3 is 10.1 Å². The van der Waals surface area contributed by atoms with Crippen LogP contribution in [0.15, 0.2) is 59.1 Å². The van der Waals surface area contributed by atoms with Crippen molar-refractivity contribution < 1.29 is 14.3 Å². The van der Waals surface area contributed by atoms with Crippen LogP contribution in [0, 0.1) is 0 Å². The lowest BCUT2D eigenvalue weighted by Gasteiger charge is -2.18. The third-order valence-electron chi connectivity index (χ3n) is 3.54. The molecule has 0 unspecified atom stereocenters. The number of rotatable bonds is 7. The maximum atomic E-state index is 12.1. The van der Waals surface area contributed by atoms with Gasteiger partial charge in [-0.2, -0.15) is 0 Å². The van der Waals surface area contributed by atoms with Crippen LogP contribution >= 0.6 is 15.9 Å². The van der Waals surface area contributed by atoms with Crippen molar-refractivity contribution >= 4 is 27.8 Å². The van der Waals surface area contributed by atoms with E-state index in [2.05, 4.69) is 28.2 Å². The Morgan fingerprint density at radius 2 is 1.75 bits per heavy atom. The van der Waals surface area contributed by atoms with Gasteiger partial charge in [-0.05, 0) is 40.0 Å². The number of carbonyl (C=O) groups is 2. The molecule has 2 aromatic carbocycles. The van der Waals surface area contributed by atoms with Gasteiger partial charge in [0.1, 0.15) is 0 Å². The molecule has 0 saturated carbocycles. The van der Waals surface area contributed by atoms with E-state index in [-0.39, 0.29) is 18.6 Å².